The topological polar surface area (TPSA) is 113 Å². The molecule has 6 rings (SSSR count). The number of para-hydroxylation sites is 1. The number of nitriles is 1. The molecule has 2 atom stereocenters. The normalized spacial score (nSPS) is 18.9. The third kappa shape index (κ3) is 6.13. The molecular formula is C33H37Cl3N8O3. The summed E-state index contributed by atoms with van der Waals surface area (Å²) in [6, 6.07) is 9.38. The molecule has 4 heterocycles. The lowest BCUT2D eigenvalue weighted by Crippen LogP contribution is -2.57. The lowest BCUT2D eigenvalue weighted by atomic mass is 9.95. The monoisotopic (exact) mass is 698 g/mol. The first kappa shape index (κ1) is 33.3. The highest BCUT2D eigenvalue weighted by Gasteiger charge is 2.38. The van der Waals surface area contributed by atoms with E-state index in [0.29, 0.717) is 79.6 Å². The van der Waals surface area contributed by atoms with Crippen LogP contribution in [0.1, 0.15) is 46.1 Å². The maximum atomic E-state index is 13.1. The quantitative estimate of drug-likeness (QED) is 0.206. The molecule has 0 radical (unpaired) electrons. The van der Waals surface area contributed by atoms with Gasteiger partial charge in [0.25, 0.3) is 0 Å². The molecule has 0 unspecified atom stereocenters. The van der Waals surface area contributed by atoms with E-state index < -0.39 is 11.7 Å². The number of piperidine rings is 1. The Balaban J connectivity index is 1.50. The first-order valence-electron chi connectivity index (χ1n) is 15.5. The molecule has 0 N–H and O–H groups in total. The van der Waals surface area contributed by atoms with Gasteiger partial charge in [0.1, 0.15) is 16.9 Å². The number of benzene rings is 2. The number of methoxy groups -OCH3 is 1. The summed E-state index contributed by atoms with van der Waals surface area (Å²) in [5.41, 5.74) is 2.50. The van der Waals surface area contributed by atoms with E-state index in [2.05, 4.69) is 40.3 Å². The molecule has 2 fully saturated rings. The fraction of sp³-hybridized carbons (Fsp3) is 0.485. The Kier molecular flexibility index (Phi) is 9.09. The van der Waals surface area contributed by atoms with Gasteiger partial charge in [-0.25, -0.2) is 14.5 Å². The summed E-state index contributed by atoms with van der Waals surface area (Å²) in [6.45, 7) is 7.44. The number of pyridine rings is 1. The summed E-state index contributed by atoms with van der Waals surface area (Å²) < 4.78 is 13.2. The molecular weight excluding hydrogens is 663 g/mol. The smallest absolute Gasteiger partial charge is 0.410 e. The van der Waals surface area contributed by atoms with Crippen LogP contribution in [-0.2, 0) is 4.74 Å². The number of carbonyl (C=O) groups excluding carboxylic acids is 1. The maximum absolute atomic E-state index is 13.1. The minimum atomic E-state index is -0.648. The van der Waals surface area contributed by atoms with Crippen molar-refractivity contribution < 1.29 is 14.3 Å². The molecule has 1 amide bonds. The third-order valence-electron chi connectivity index (χ3n) is 8.89. The second-order valence-electron chi connectivity index (χ2n) is 13.3. The van der Waals surface area contributed by atoms with E-state index in [4.69, 9.17) is 49.3 Å². The van der Waals surface area contributed by atoms with Gasteiger partial charge in [-0.3, -0.25) is 0 Å². The average Bonchev–Trinajstić information content (AvgIpc) is 3.42. The summed E-state index contributed by atoms with van der Waals surface area (Å²) in [5, 5.41) is 20.9. The summed E-state index contributed by atoms with van der Waals surface area (Å²) in [4.78, 5) is 24.2. The molecule has 14 heteroatoms. The SMILES string of the molecule is COc1c(Cl)cccc1-c1c(Cl)cc2c(nc(N3CC(N(C)C)C3)c3nnn([C@H]4CCN(C(=O)OC(C)(C)C)[C@H](CC#N)C4)c32)c1Cl. The van der Waals surface area contributed by atoms with Gasteiger partial charge in [-0.15, -0.1) is 5.10 Å². The molecule has 11 nitrogen and oxygen atoms in total. The van der Waals surface area contributed by atoms with Crippen molar-refractivity contribution in [2.24, 2.45) is 0 Å². The van der Waals surface area contributed by atoms with Gasteiger partial charge in [0.05, 0.1) is 52.3 Å². The van der Waals surface area contributed by atoms with Crippen molar-refractivity contribution >= 4 is 68.7 Å². The Bertz CT molecular complexity index is 1890. The predicted octanol–water partition coefficient (Wildman–Crippen LogP) is 7.22. The van der Waals surface area contributed by atoms with Gasteiger partial charge < -0.3 is 24.2 Å². The average molecular weight is 700 g/mol. The summed E-state index contributed by atoms with van der Waals surface area (Å²) >= 11 is 20.8. The van der Waals surface area contributed by atoms with Gasteiger partial charge in [-0.05, 0) is 59.8 Å². The minimum absolute atomic E-state index is 0.161. The Morgan fingerprint density at radius 1 is 1.15 bits per heavy atom. The maximum Gasteiger partial charge on any atom is 0.410 e. The number of nitrogens with zero attached hydrogens (tertiary/aromatic N) is 8. The number of hydrogen-bond acceptors (Lipinski definition) is 9. The fourth-order valence-corrected chi connectivity index (χ4v) is 7.41. The van der Waals surface area contributed by atoms with Crippen LogP contribution >= 0.6 is 34.8 Å². The van der Waals surface area contributed by atoms with Crippen LogP contribution in [0.25, 0.3) is 33.1 Å². The van der Waals surface area contributed by atoms with E-state index in [0.717, 1.165) is 18.6 Å². The van der Waals surface area contributed by atoms with Crippen LogP contribution in [0.4, 0.5) is 10.6 Å². The van der Waals surface area contributed by atoms with Gasteiger partial charge in [0.15, 0.2) is 11.3 Å². The second-order valence-corrected chi connectivity index (χ2v) is 14.5. The van der Waals surface area contributed by atoms with Crippen LogP contribution in [-0.4, -0.2) is 94.4 Å². The number of halogens is 3. The zero-order chi connectivity index (χ0) is 33.8. The molecule has 0 bridgehead atoms. The lowest BCUT2D eigenvalue weighted by Gasteiger charge is -2.43. The van der Waals surface area contributed by atoms with Crippen molar-refractivity contribution in [2.75, 3.05) is 45.7 Å². The first-order chi connectivity index (χ1) is 22.3. The first-order valence-corrected chi connectivity index (χ1v) is 16.6. The van der Waals surface area contributed by atoms with E-state index in [1.54, 1.807) is 18.1 Å². The highest BCUT2D eigenvalue weighted by Crippen LogP contribution is 2.47. The zero-order valence-electron chi connectivity index (χ0n) is 27.2. The van der Waals surface area contributed by atoms with Gasteiger partial charge in [-0.1, -0.05) is 52.1 Å². The van der Waals surface area contributed by atoms with Crippen LogP contribution in [0.15, 0.2) is 24.3 Å². The van der Waals surface area contributed by atoms with Crippen molar-refractivity contribution in [2.45, 2.75) is 63.8 Å². The van der Waals surface area contributed by atoms with Crippen molar-refractivity contribution in [1.29, 1.82) is 5.26 Å². The number of fused-ring (bicyclic) bond motifs is 3. The van der Waals surface area contributed by atoms with E-state index in [-0.39, 0.29) is 18.5 Å². The number of likely N-dealkylation sites (N-methyl/N-ethyl adjacent to an activating group) is 1. The fourth-order valence-electron chi connectivity index (χ4n) is 6.46. The van der Waals surface area contributed by atoms with Crippen LogP contribution in [0, 0.1) is 11.3 Å². The Hall–Kier alpha value is -3.56. The number of ether oxygens (including phenoxy) is 2. The molecule has 0 saturated carbocycles. The molecule has 4 aromatic rings. The van der Waals surface area contributed by atoms with E-state index >= 15 is 0 Å². The standard InChI is InChI=1S/C33H37Cl3N8O3/c1-33(2,3)47-32(45)43-13-11-19(14-18(43)10-12-37)44-29-22-15-24(35)25(21-8-7-9-23(34)30(21)46-6)26(36)27(22)38-31(28(29)39-40-44)42-16-20(17-42)41(4)5/h7-9,15,18-20H,10-11,13-14,16-17H2,1-6H3/t18-,19+/m1/s1. The van der Waals surface area contributed by atoms with Crippen molar-refractivity contribution in [3.8, 4) is 22.9 Å². The number of carbonyl (C=O) groups is 1. The number of amides is 1. The van der Waals surface area contributed by atoms with E-state index in [1.807, 2.05) is 43.7 Å². The minimum Gasteiger partial charge on any atom is -0.495 e. The summed E-state index contributed by atoms with van der Waals surface area (Å²) in [7, 11) is 5.68. The number of rotatable bonds is 6. The summed E-state index contributed by atoms with van der Waals surface area (Å²) in [6.07, 6.45) is 0.825. The molecule has 0 spiro atoms. The van der Waals surface area contributed by atoms with E-state index in [1.165, 1.54) is 0 Å². The zero-order valence-corrected chi connectivity index (χ0v) is 29.5. The lowest BCUT2D eigenvalue weighted by molar-refractivity contribution is 0.00557. The van der Waals surface area contributed by atoms with Gasteiger partial charge in [-0.2, -0.15) is 5.26 Å². The van der Waals surface area contributed by atoms with Crippen molar-refractivity contribution in [3.63, 3.8) is 0 Å². The number of anilines is 1. The summed E-state index contributed by atoms with van der Waals surface area (Å²) in [5.74, 6) is 1.15. The van der Waals surface area contributed by atoms with E-state index in [9.17, 15) is 10.1 Å². The Labute approximate surface area is 288 Å². The van der Waals surface area contributed by atoms with Gasteiger partial charge in [0, 0.05) is 42.2 Å². The largest absolute Gasteiger partial charge is 0.495 e. The van der Waals surface area contributed by atoms with Crippen molar-refractivity contribution in [3.05, 3.63) is 39.3 Å². The van der Waals surface area contributed by atoms with Crippen LogP contribution < -0.4 is 9.64 Å². The number of aromatic nitrogens is 4. The molecule has 2 aliphatic heterocycles. The molecule has 2 saturated heterocycles. The third-order valence-corrected chi connectivity index (χ3v) is 9.86. The Morgan fingerprint density at radius 3 is 2.55 bits per heavy atom. The Morgan fingerprint density at radius 2 is 1.89 bits per heavy atom. The highest BCUT2D eigenvalue weighted by molar-refractivity contribution is 6.44. The predicted molar refractivity (Wildman–Crippen MR) is 185 cm³/mol. The van der Waals surface area contributed by atoms with Crippen LogP contribution in [0.3, 0.4) is 0 Å². The van der Waals surface area contributed by atoms with Gasteiger partial charge in [0.2, 0.25) is 0 Å². The molecule has 2 aromatic carbocycles. The van der Waals surface area contributed by atoms with Crippen LogP contribution in [0.2, 0.25) is 15.1 Å². The molecule has 0 aliphatic carbocycles. The molecule has 248 valence electrons. The highest BCUT2D eigenvalue weighted by atomic mass is 35.5. The van der Waals surface area contributed by atoms with Crippen LogP contribution in [0.5, 0.6) is 5.75 Å². The molecule has 47 heavy (non-hydrogen) atoms. The van der Waals surface area contributed by atoms with Gasteiger partial charge >= 0.3 is 6.09 Å². The second kappa shape index (κ2) is 12.8. The number of hydrogen-bond donors (Lipinski definition) is 0. The van der Waals surface area contributed by atoms with Crippen molar-refractivity contribution in [1.82, 2.24) is 29.8 Å². The number of likely N-dealkylation sites (tertiary alicyclic amines) is 1. The molecule has 2 aliphatic rings. The molecule has 2 aromatic heterocycles.